The van der Waals surface area contributed by atoms with E-state index < -0.39 is 6.10 Å². The van der Waals surface area contributed by atoms with Crippen LogP contribution in [-0.4, -0.2) is 41.4 Å². The molecule has 0 aromatic rings. The van der Waals surface area contributed by atoms with Crippen molar-refractivity contribution < 1.29 is 20.1 Å². The lowest BCUT2D eigenvalue weighted by Crippen LogP contribution is -2.14. The molecule has 1 atom stereocenters. The molecule has 4 nitrogen and oxygen atoms in total. The van der Waals surface area contributed by atoms with Crippen LogP contribution < -0.4 is 0 Å². The summed E-state index contributed by atoms with van der Waals surface area (Å²) in [4.78, 5) is 0. The van der Waals surface area contributed by atoms with Crippen LogP contribution in [0.1, 0.15) is 6.42 Å². The summed E-state index contributed by atoms with van der Waals surface area (Å²) >= 11 is 0. The van der Waals surface area contributed by atoms with Gasteiger partial charge in [0.05, 0.1) is 19.3 Å². The number of aliphatic hydroxyl groups excluding tert-OH is 3. The number of hydrogen-bond acceptors (Lipinski definition) is 4. The van der Waals surface area contributed by atoms with Crippen molar-refractivity contribution in [3.05, 3.63) is 0 Å². The lowest BCUT2D eigenvalue weighted by atomic mass is 10.3. The summed E-state index contributed by atoms with van der Waals surface area (Å²) in [7, 11) is 0. The second-order valence-electron chi connectivity index (χ2n) is 1.66. The first kappa shape index (κ1) is 8.84. The van der Waals surface area contributed by atoms with Crippen LogP contribution in [0.2, 0.25) is 0 Å². The molecular weight excluding hydrogens is 124 g/mol. The summed E-state index contributed by atoms with van der Waals surface area (Å²) in [5.74, 6) is 0. The van der Waals surface area contributed by atoms with E-state index in [1.165, 1.54) is 0 Å². The molecule has 0 heterocycles. The Balaban J connectivity index is 2.88. The predicted octanol–water partition coefficient (Wildman–Crippen LogP) is -1.30. The molecule has 0 aliphatic rings. The normalized spacial score (nSPS) is 13.7. The maximum absolute atomic E-state index is 8.67. The van der Waals surface area contributed by atoms with Gasteiger partial charge in [-0.3, -0.25) is 0 Å². The van der Waals surface area contributed by atoms with E-state index in [2.05, 4.69) is 4.74 Å². The van der Waals surface area contributed by atoms with E-state index in [4.69, 9.17) is 15.3 Å². The number of rotatable bonds is 5. The highest BCUT2D eigenvalue weighted by molar-refractivity contribution is 4.49. The van der Waals surface area contributed by atoms with Crippen LogP contribution in [0.5, 0.6) is 0 Å². The second kappa shape index (κ2) is 5.97. The SMILES string of the molecule is OCOCCC(O)CO. The summed E-state index contributed by atoms with van der Waals surface area (Å²) in [6.45, 7) is -0.314. The molecule has 0 amide bonds. The Morgan fingerprint density at radius 3 is 2.44 bits per heavy atom. The molecule has 4 heteroatoms. The molecule has 3 N–H and O–H groups in total. The third-order valence-corrected chi connectivity index (χ3v) is 0.897. The van der Waals surface area contributed by atoms with Crippen molar-refractivity contribution in [3.8, 4) is 0 Å². The van der Waals surface area contributed by atoms with Crippen LogP contribution >= 0.6 is 0 Å². The molecule has 0 bridgehead atoms. The van der Waals surface area contributed by atoms with Gasteiger partial charge in [-0.25, -0.2) is 0 Å². The summed E-state index contributed by atoms with van der Waals surface area (Å²) in [6, 6.07) is 0. The molecule has 0 aliphatic heterocycles. The summed E-state index contributed by atoms with van der Waals surface area (Å²) < 4.78 is 4.49. The maximum atomic E-state index is 8.67. The fraction of sp³-hybridized carbons (Fsp3) is 1.00. The zero-order valence-corrected chi connectivity index (χ0v) is 5.16. The standard InChI is InChI=1S/C5H12O4/c6-3-5(8)1-2-9-4-7/h5-8H,1-4H2. The largest absolute Gasteiger partial charge is 0.394 e. The zero-order chi connectivity index (χ0) is 7.11. The smallest absolute Gasteiger partial charge is 0.143 e. The lowest BCUT2D eigenvalue weighted by Gasteiger charge is -2.04. The first-order valence-electron chi connectivity index (χ1n) is 2.78. The van der Waals surface area contributed by atoms with Crippen molar-refractivity contribution in [3.63, 3.8) is 0 Å². The van der Waals surface area contributed by atoms with Gasteiger partial charge in [0.1, 0.15) is 6.79 Å². The van der Waals surface area contributed by atoms with E-state index in [9.17, 15) is 0 Å². The van der Waals surface area contributed by atoms with E-state index in [0.717, 1.165) is 0 Å². The molecule has 0 aliphatic carbocycles. The van der Waals surface area contributed by atoms with E-state index in [0.29, 0.717) is 6.42 Å². The minimum absolute atomic E-state index is 0.255. The molecule has 0 radical (unpaired) electrons. The Morgan fingerprint density at radius 2 is 2.00 bits per heavy atom. The number of hydrogen-bond donors (Lipinski definition) is 3. The van der Waals surface area contributed by atoms with Gasteiger partial charge in [0.2, 0.25) is 0 Å². The number of aliphatic hydroxyl groups is 3. The van der Waals surface area contributed by atoms with Crippen molar-refractivity contribution in [2.45, 2.75) is 12.5 Å². The zero-order valence-electron chi connectivity index (χ0n) is 5.16. The molecule has 1 unspecified atom stereocenters. The van der Waals surface area contributed by atoms with Crippen molar-refractivity contribution in [1.82, 2.24) is 0 Å². The fourth-order valence-corrected chi connectivity index (χ4v) is 0.375. The highest BCUT2D eigenvalue weighted by Crippen LogP contribution is 1.89. The third-order valence-electron chi connectivity index (χ3n) is 0.897. The Labute approximate surface area is 53.7 Å². The van der Waals surface area contributed by atoms with Crippen LogP contribution in [0.3, 0.4) is 0 Å². The Bertz CT molecular complexity index is 56.9. The van der Waals surface area contributed by atoms with Gasteiger partial charge in [0.15, 0.2) is 0 Å². The molecule has 0 saturated carbocycles. The number of ether oxygens (including phenoxy) is 1. The average molecular weight is 136 g/mol. The topological polar surface area (TPSA) is 69.9 Å². The van der Waals surface area contributed by atoms with Crippen LogP contribution in [-0.2, 0) is 4.74 Å². The van der Waals surface area contributed by atoms with Gasteiger partial charge in [0, 0.05) is 0 Å². The molecule has 0 fully saturated rings. The van der Waals surface area contributed by atoms with Gasteiger partial charge < -0.3 is 20.1 Å². The molecule has 0 aromatic carbocycles. The highest BCUT2D eigenvalue weighted by Gasteiger charge is 1.99. The molecule has 0 aromatic heterocycles. The molecule has 0 rings (SSSR count). The van der Waals surface area contributed by atoms with Gasteiger partial charge in [-0.1, -0.05) is 0 Å². The van der Waals surface area contributed by atoms with Gasteiger partial charge in [0.25, 0.3) is 0 Å². The van der Waals surface area contributed by atoms with E-state index in [-0.39, 0.29) is 20.0 Å². The second-order valence-corrected chi connectivity index (χ2v) is 1.66. The third kappa shape index (κ3) is 5.72. The van der Waals surface area contributed by atoms with Crippen molar-refractivity contribution in [2.75, 3.05) is 20.0 Å². The van der Waals surface area contributed by atoms with Crippen LogP contribution in [0.15, 0.2) is 0 Å². The van der Waals surface area contributed by atoms with E-state index in [1.807, 2.05) is 0 Å². The molecular formula is C5H12O4. The average Bonchev–Trinajstić information content (AvgIpc) is 1.89. The van der Waals surface area contributed by atoms with Gasteiger partial charge in [-0.15, -0.1) is 0 Å². The minimum Gasteiger partial charge on any atom is -0.394 e. The quantitative estimate of drug-likeness (QED) is 0.324. The maximum Gasteiger partial charge on any atom is 0.143 e. The first-order chi connectivity index (χ1) is 4.31. The van der Waals surface area contributed by atoms with Crippen LogP contribution in [0, 0.1) is 0 Å². The predicted molar refractivity (Wildman–Crippen MR) is 30.7 cm³/mol. The van der Waals surface area contributed by atoms with Crippen LogP contribution in [0.4, 0.5) is 0 Å². The highest BCUT2D eigenvalue weighted by atomic mass is 16.6. The van der Waals surface area contributed by atoms with Crippen molar-refractivity contribution in [2.24, 2.45) is 0 Å². The summed E-state index contributed by atoms with van der Waals surface area (Å²) in [5, 5.41) is 25.0. The Hall–Kier alpha value is -0.160. The van der Waals surface area contributed by atoms with Crippen molar-refractivity contribution in [1.29, 1.82) is 0 Å². The Morgan fingerprint density at radius 1 is 1.33 bits per heavy atom. The molecule has 9 heavy (non-hydrogen) atoms. The van der Waals surface area contributed by atoms with Crippen molar-refractivity contribution >= 4 is 0 Å². The van der Waals surface area contributed by atoms with Gasteiger partial charge in [-0.05, 0) is 6.42 Å². The first-order valence-corrected chi connectivity index (χ1v) is 2.78. The summed E-state index contributed by atoms with van der Waals surface area (Å²) in [6.07, 6.45) is -0.367. The monoisotopic (exact) mass is 136 g/mol. The van der Waals surface area contributed by atoms with E-state index >= 15 is 0 Å². The van der Waals surface area contributed by atoms with Gasteiger partial charge in [-0.2, -0.15) is 0 Å². The molecule has 0 spiro atoms. The summed E-state index contributed by atoms with van der Waals surface area (Å²) in [5.41, 5.74) is 0. The van der Waals surface area contributed by atoms with Gasteiger partial charge >= 0.3 is 0 Å². The molecule has 0 saturated heterocycles. The Kier molecular flexibility index (Phi) is 5.86. The molecule has 56 valence electrons. The lowest BCUT2D eigenvalue weighted by molar-refractivity contribution is -0.0206. The minimum atomic E-state index is -0.725. The fourth-order valence-electron chi connectivity index (χ4n) is 0.375. The van der Waals surface area contributed by atoms with E-state index in [1.54, 1.807) is 0 Å². The van der Waals surface area contributed by atoms with Crippen LogP contribution in [0.25, 0.3) is 0 Å².